The van der Waals surface area contributed by atoms with Gasteiger partial charge in [0.15, 0.2) is 0 Å². The monoisotopic (exact) mass is 1150 g/mol. The Labute approximate surface area is 459 Å². The molecule has 4 heterocycles. The quantitative estimate of drug-likeness (QED) is 0.0359. The molecule has 5 N–H and O–H groups in total. The minimum Gasteiger partial charge on any atom is -0.453 e. The standard InChI is InChI=1S/C53H61F10N11O7/c1-50(2,52(58,59)60)42(67-48(78)80-5)44(76)66-40(20-30-13-10-29(11-14-30)12-15-31-23-64-47(65-24-31)71-25-34-16-17-35(26-71)74(34)33-8-7-9-33)41(75)28-72(70-45(77)43(68-49(79)81-6)51(3,4)53(61,62)63)27-36-37(54)21-32(22-38(36)55)39-18-19-73(69-39)46(56)57/h10-11,13-14,18-19,21-24,33-35,40-43,46,75H,7-9,16-17,20,25-28H2,1-6H3,(H,66,76)(H,67,78)(H,68,79)(H,70,77)/t34?,35?,40-,41-,42+,43+/m0/s1. The summed E-state index contributed by atoms with van der Waals surface area (Å²) in [5.41, 5.74) is -4.53. The first-order valence-corrected chi connectivity index (χ1v) is 25.6. The summed E-state index contributed by atoms with van der Waals surface area (Å²) in [6.07, 6.45) is -6.00. The van der Waals surface area contributed by atoms with Gasteiger partial charge in [-0.2, -0.15) is 40.2 Å². The lowest BCUT2D eigenvalue weighted by atomic mass is 9.82. The summed E-state index contributed by atoms with van der Waals surface area (Å²) in [4.78, 5) is 66.9. The molecule has 1 saturated carbocycles. The molecule has 2 aromatic carbocycles. The van der Waals surface area contributed by atoms with E-state index in [1.165, 1.54) is 43.5 Å². The van der Waals surface area contributed by atoms with Gasteiger partial charge in [0.25, 0.3) is 5.91 Å². The first kappa shape index (κ1) is 61.4. The van der Waals surface area contributed by atoms with Gasteiger partial charge in [-0.25, -0.2) is 38.0 Å². The Morgan fingerprint density at radius 2 is 1.28 bits per heavy atom. The molecule has 6 atom stereocenters. The number of nitrogens with zero attached hydrogens (tertiary/aromatic N) is 7. The second kappa shape index (κ2) is 24.9. The predicted molar refractivity (Wildman–Crippen MR) is 270 cm³/mol. The molecule has 2 saturated heterocycles. The van der Waals surface area contributed by atoms with E-state index in [4.69, 9.17) is 0 Å². The number of hydrazine groups is 1. The van der Waals surface area contributed by atoms with Gasteiger partial charge >= 0.3 is 31.1 Å². The Hall–Kier alpha value is -7.25. The summed E-state index contributed by atoms with van der Waals surface area (Å²) in [6.45, 7) is -1.47. The summed E-state index contributed by atoms with van der Waals surface area (Å²) in [5, 5.41) is 22.1. The first-order chi connectivity index (χ1) is 38.0. The molecular weight excluding hydrogens is 1090 g/mol. The Bertz CT molecular complexity index is 2910. The van der Waals surface area contributed by atoms with E-state index < -0.39 is 115 Å². The van der Waals surface area contributed by atoms with Crippen LogP contribution in [0.15, 0.2) is 61.1 Å². The number of methoxy groups -OCH3 is 2. The number of halogens is 10. The van der Waals surface area contributed by atoms with E-state index in [0.29, 0.717) is 80.0 Å². The average molecular weight is 1150 g/mol. The van der Waals surface area contributed by atoms with Gasteiger partial charge in [0.2, 0.25) is 11.9 Å². The number of fused-ring (bicyclic) bond motifs is 2. The number of hydrogen-bond acceptors (Lipinski definition) is 13. The molecule has 2 aromatic heterocycles. The highest BCUT2D eigenvalue weighted by molar-refractivity contribution is 5.87. The number of alkyl carbamates (subject to hydrolysis) is 2. The topological polar surface area (TPSA) is 208 Å². The molecule has 28 heteroatoms. The van der Waals surface area contributed by atoms with E-state index in [2.05, 4.69) is 51.5 Å². The lowest BCUT2D eigenvalue weighted by molar-refractivity contribution is -0.221. The highest BCUT2D eigenvalue weighted by Crippen LogP contribution is 2.43. The van der Waals surface area contributed by atoms with Gasteiger partial charge in [0.1, 0.15) is 23.7 Å². The number of benzene rings is 2. The van der Waals surface area contributed by atoms with Crippen molar-refractivity contribution in [2.45, 2.75) is 134 Å². The van der Waals surface area contributed by atoms with Crippen LogP contribution in [0.2, 0.25) is 0 Å². The van der Waals surface area contributed by atoms with Crippen molar-refractivity contribution >= 4 is 29.9 Å². The Balaban J connectivity index is 1.18. The van der Waals surface area contributed by atoms with Crippen LogP contribution in [-0.4, -0.2) is 147 Å². The number of carbonyl (C=O) groups excluding carboxylic acids is 4. The number of aliphatic hydroxyl groups is 1. The minimum atomic E-state index is -5.23. The third-order valence-electron chi connectivity index (χ3n) is 15.1. The second-order valence-corrected chi connectivity index (χ2v) is 21.2. The number of ether oxygens (including phenoxy) is 2. The number of carbonyl (C=O) groups is 4. The van der Waals surface area contributed by atoms with E-state index in [1.807, 2.05) is 10.7 Å². The fourth-order valence-electron chi connectivity index (χ4n) is 9.85. The fourth-order valence-corrected chi connectivity index (χ4v) is 9.85. The maximum atomic E-state index is 16.0. The van der Waals surface area contributed by atoms with Crippen LogP contribution in [0, 0.1) is 34.3 Å². The van der Waals surface area contributed by atoms with Gasteiger partial charge in [-0.05, 0) is 95.7 Å². The fraction of sp³-hybridized carbons (Fsp3) is 0.528. The number of anilines is 1. The molecule has 7 rings (SSSR count). The van der Waals surface area contributed by atoms with Gasteiger partial charge in [0.05, 0.1) is 48.5 Å². The number of aromatic nitrogens is 4. The van der Waals surface area contributed by atoms with Crippen LogP contribution in [0.4, 0.5) is 59.4 Å². The van der Waals surface area contributed by atoms with E-state index in [-0.39, 0.29) is 21.5 Å². The van der Waals surface area contributed by atoms with Crippen molar-refractivity contribution < 1.29 is 77.7 Å². The van der Waals surface area contributed by atoms with E-state index >= 15 is 8.78 Å². The van der Waals surface area contributed by atoms with Crippen LogP contribution in [0.3, 0.4) is 0 Å². The highest BCUT2D eigenvalue weighted by atomic mass is 19.4. The lowest BCUT2D eigenvalue weighted by Gasteiger charge is -2.48. The third kappa shape index (κ3) is 14.3. The van der Waals surface area contributed by atoms with Crippen molar-refractivity contribution in [1.82, 2.24) is 51.0 Å². The molecule has 4 amide bonds. The molecule has 0 radical (unpaired) electrons. The minimum absolute atomic E-state index is 0.199. The van der Waals surface area contributed by atoms with Gasteiger partial charge in [-0.15, -0.1) is 0 Å². The molecule has 1 aliphatic carbocycles. The molecule has 440 valence electrons. The van der Waals surface area contributed by atoms with E-state index in [0.717, 1.165) is 52.4 Å². The van der Waals surface area contributed by atoms with Crippen LogP contribution < -0.4 is 26.3 Å². The third-order valence-corrected chi connectivity index (χ3v) is 15.1. The Morgan fingerprint density at radius 1 is 0.753 bits per heavy atom. The van der Waals surface area contributed by atoms with Gasteiger partial charge < -0.3 is 35.4 Å². The van der Waals surface area contributed by atoms with Crippen molar-refractivity contribution in [2.75, 3.05) is 38.8 Å². The zero-order chi connectivity index (χ0) is 59.4. The average Bonchev–Trinajstić information content (AvgIpc) is 3.98. The lowest BCUT2D eigenvalue weighted by Crippen LogP contribution is -2.63. The van der Waals surface area contributed by atoms with Crippen molar-refractivity contribution in [3.63, 3.8) is 0 Å². The van der Waals surface area contributed by atoms with Crippen LogP contribution in [-0.2, 0) is 32.0 Å². The molecule has 2 unspecified atom stereocenters. The molecule has 3 fully saturated rings. The van der Waals surface area contributed by atoms with Crippen LogP contribution >= 0.6 is 0 Å². The van der Waals surface area contributed by atoms with E-state index in [1.54, 1.807) is 17.7 Å². The number of rotatable bonds is 19. The maximum absolute atomic E-state index is 16.0. The number of alkyl halides is 8. The maximum Gasteiger partial charge on any atom is 0.407 e. The first-order valence-electron chi connectivity index (χ1n) is 25.6. The van der Waals surface area contributed by atoms with Crippen molar-refractivity contribution in [3.05, 3.63) is 94.9 Å². The van der Waals surface area contributed by atoms with Gasteiger partial charge in [-0.3, -0.25) is 19.9 Å². The summed E-state index contributed by atoms with van der Waals surface area (Å²) >= 11 is 0. The predicted octanol–water partition coefficient (Wildman–Crippen LogP) is 7.17. The van der Waals surface area contributed by atoms with Gasteiger partial charge in [-0.1, -0.05) is 30.4 Å². The zero-order valence-electron chi connectivity index (χ0n) is 44.8. The van der Waals surface area contributed by atoms with E-state index in [9.17, 15) is 59.4 Å². The Kier molecular flexibility index (Phi) is 18.8. The number of hydrogen-bond donors (Lipinski definition) is 5. The molecule has 4 aromatic rings. The number of amides is 4. The van der Waals surface area contributed by atoms with Crippen LogP contribution in [0.25, 0.3) is 11.3 Å². The summed E-state index contributed by atoms with van der Waals surface area (Å²) in [6, 6.07) is 3.13. The largest absolute Gasteiger partial charge is 0.453 e. The smallest absolute Gasteiger partial charge is 0.407 e. The summed E-state index contributed by atoms with van der Waals surface area (Å²) in [7, 11) is 1.60. The zero-order valence-corrected chi connectivity index (χ0v) is 44.8. The van der Waals surface area contributed by atoms with Crippen LogP contribution in [0.5, 0.6) is 0 Å². The molecular formula is C53H61F10N11O7. The summed E-state index contributed by atoms with van der Waals surface area (Å²) < 4.78 is 155. The molecule has 2 bridgehead atoms. The van der Waals surface area contributed by atoms with Crippen molar-refractivity contribution in [2.24, 2.45) is 10.8 Å². The Morgan fingerprint density at radius 3 is 1.77 bits per heavy atom. The SMILES string of the molecule is COC(=O)N[C@H](C(=O)N[C@@H](Cc1ccc(C#Cc2cnc(N3CC4CCC(C3)N4C3CCC3)nc2)cc1)[C@@H](O)CN(Cc1c(F)cc(-c2ccn(C(F)F)n2)cc1F)NC(=O)[C@@H](NC(=O)OC)C(C)(C)C(F)(F)F)C(C)(C)C(F)(F)F. The van der Waals surface area contributed by atoms with Crippen LogP contribution in [0.1, 0.15) is 88.6 Å². The highest BCUT2D eigenvalue weighted by Gasteiger charge is 2.57. The molecule has 2 aliphatic heterocycles. The van der Waals surface area contributed by atoms with Crippen molar-refractivity contribution in [1.29, 1.82) is 0 Å². The number of aliphatic hydroxyl groups excluding tert-OH is 1. The number of nitrogens with one attached hydrogen (secondary N) is 4. The molecule has 18 nitrogen and oxygen atoms in total. The van der Waals surface area contributed by atoms with Gasteiger partial charge in [0, 0.05) is 79.6 Å². The van der Waals surface area contributed by atoms with Crippen molar-refractivity contribution in [3.8, 4) is 23.1 Å². The normalized spacial score (nSPS) is 18.5. The molecule has 3 aliphatic rings. The second-order valence-electron chi connectivity index (χ2n) is 21.2. The summed E-state index contributed by atoms with van der Waals surface area (Å²) in [5.74, 6) is 0.487. The molecule has 0 spiro atoms. The molecule has 81 heavy (non-hydrogen) atoms. The number of piperazine rings is 1.